The number of hydrogen-bond acceptors (Lipinski definition) is 7. The molecule has 1 fully saturated rings. The molecule has 41 heavy (non-hydrogen) atoms. The molecule has 2 aliphatic rings. The summed E-state index contributed by atoms with van der Waals surface area (Å²) in [4.78, 5) is 30.2. The molecule has 1 saturated heterocycles. The summed E-state index contributed by atoms with van der Waals surface area (Å²) in [7, 11) is 2.18. The number of hydrogen-bond donors (Lipinski definition) is 2. The van der Waals surface area contributed by atoms with Gasteiger partial charge in [0.2, 0.25) is 18.4 Å². The smallest absolute Gasteiger partial charge is 0.246 e. The third kappa shape index (κ3) is 7.14. The highest BCUT2D eigenvalue weighted by atomic mass is 16.2. The van der Waals surface area contributed by atoms with Crippen LogP contribution in [0.2, 0.25) is 0 Å². The molecule has 3 N–H and O–H groups in total. The van der Waals surface area contributed by atoms with Crippen molar-refractivity contribution in [3.63, 3.8) is 0 Å². The number of carbonyl (C=O) groups is 1. The van der Waals surface area contributed by atoms with Gasteiger partial charge in [0.1, 0.15) is 11.9 Å². The molecule has 0 spiro atoms. The fourth-order valence-corrected chi connectivity index (χ4v) is 5.71. The van der Waals surface area contributed by atoms with E-state index in [0.717, 1.165) is 37.3 Å². The summed E-state index contributed by atoms with van der Waals surface area (Å²) in [5.74, 6) is 1.17. The highest BCUT2D eigenvalue weighted by Gasteiger charge is 2.24. The van der Waals surface area contributed by atoms with Crippen molar-refractivity contribution in [2.75, 3.05) is 55.7 Å². The maximum Gasteiger partial charge on any atom is 0.246 e. The van der Waals surface area contributed by atoms with Crippen LogP contribution in [0.25, 0.3) is 15.6 Å². The zero-order valence-electron chi connectivity index (χ0n) is 24.5. The highest BCUT2D eigenvalue weighted by Crippen LogP contribution is 2.32. The number of likely N-dealkylation sites (tertiary alicyclic amines) is 1. The molecule has 216 valence electrons. The van der Waals surface area contributed by atoms with Gasteiger partial charge in [-0.05, 0) is 64.2 Å². The Bertz CT molecular complexity index is 1390. The fraction of sp³-hybridized carbons (Fsp3) is 0.438. The molecule has 0 bridgehead atoms. The molecular formula is C32H42N8O. The number of benzene rings is 2. The quantitative estimate of drug-likeness (QED) is 0.310. The highest BCUT2D eigenvalue weighted by molar-refractivity contribution is 5.94. The monoisotopic (exact) mass is 554 g/mol. The molecule has 0 unspecified atom stereocenters. The van der Waals surface area contributed by atoms with Gasteiger partial charge < -0.3 is 30.6 Å². The van der Waals surface area contributed by atoms with E-state index in [9.17, 15) is 4.79 Å². The first-order valence-electron chi connectivity index (χ1n) is 14.4. The molecule has 3 heterocycles. The molecule has 9 heteroatoms. The number of nitrogens with zero attached hydrogens (tertiary/aromatic N) is 6. The maximum absolute atomic E-state index is 11.2. The Balaban J connectivity index is 0.000000275. The Morgan fingerprint density at radius 2 is 2.05 bits per heavy atom. The normalized spacial score (nSPS) is 17.1. The van der Waals surface area contributed by atoms with E-state index < -0.39 is 0 Å². The lowest BCUT2D eigenvalue weighted by Gasteiger charge is -2.31. The lowest BCUT2D eigenvalue weighted by molar-refractivity contribution is -0.127. The Morgan fingerprint density at radius 3 is 2.76 bits per heavy atom. The number of aromatic nitrogens is 2. The van der Waals surface area contributed by atoms with Crippen molar-refractivity contribution in [2.45, 2.75) is 51.7 Å². The predicted octanol–water partition coefficient (Wildman–Crippen LogP) is 4.61. The van der Waals surface area contributed by atoms with Gasteiger partial charge in [0.05, 0.1) is 12.2 Å². The van der Waals surface area contributed by atoms with Crippen LogP contribution >= 0.6 is 0 Å². The summed E-state index contributed by atoms with van der Waals surface area (Å²) in [6, 6.07) is 15.6. The van der Waals surface area contributed by atoms with E-state index in [0.29, 0.717) is 30.9 Å². The Hall–Kier alpha value is -4.16. The summed E-state index contributed by atoms with van der Waals surface area (Å²) in [6.45, 7) is 18.5. The first kappa shape index (κ1) is 29.8. The zero-order chi connectivity index (χ0) is 29.4. The van der Waals surface area contributed by atoms with E-state index >= 15 is 0 Å². The second-order valence-corrected chi connectivity index (χ2v) is 10.7. The summed E-state index contributed by atoms with van der Waals surface area (Å²) in [5.41, 5.74) is 9.71. The Morgan fingerprint density at radius 1 is 1.27 bits per heavy atom. The minimum atomic E-state index is -0.103. The van der Waals surface area contributed by atoms with Crippen LogP contribution in [-0.4, -0.2) is 77.5 Å². The lowest BCUT2D eigenvalue weighted by atomic mass is 10.0. The summed E-state index contributed by atoms with van der Waals surface area (Å²) in [6.07, 6.45) is 4.63. The SMILES string of the molecule is CN1CCC[C@H]1CNc1nc(N)c2c(n1)CN(c1cccc3ccccc13)CC2.[C-]#[N+]C[C@@H](C)N(CC)C(=O)C=C. The molecule has 2 aromatic carbocycles. The maximum atomic E-state index is 11.2. The predicted molar refractivity (Wildman–Crippen MR) is 168 cm³/mol. The minimum absolute atomic E-state index is 0.0157. The minimum Gasteiger partial charge on any atom is -0.383 e. The topological polar surface area (TPSA) is 95.0 Å². The van der Waals surface area contributed by atoms with Crippen molar-refractivity contribution in [3.05, 3.63) is 77.8 Å². The van der Waals surface area contributed by atoms with Gasteiger partial charge in [0.15, 0.2) is 0 Å². The van der Waals surface area contributed by atoms with Crippen molar-refractivity contribution in [1.29, 1.82) is 0 Å². The van der Waals surface area contributed by atoms with Crippen molar-refractivity contribution >= 4 is 34.1 Å². The van der Waals surface area contributed by atoms with E-state index in [-0.39, 0.29) is 11.9 Å². The van der Waals surface area contributed by atoms with Gasteiger partial charge in [-0.2, -0.15) is 4.98 Å². The van der Waals surface area contributed by atoms with Gasteiger partial charge in [-0.1, -0.05) is 43.0 Å². The van der Waals surface area contributed by atoms with E-state index in [2.05, 4.69) is 81.0 Å². The van der Waals surface area contributed by atoms with Crippen LogP contribution in [0.3, 0.4) is 0 Å². The number of carbonyl (C=O) groups excluding carboxylic acids is 1. The first-order valence-corrected chi connectivity index (χ1v) is 14.4. The zero-order valence-corrected chi connectivity index (χ0v) is 24.5. The van der Waals surface area contributed by atoms with Crippen LogP contribution in [0.4, 0.5) is 17.5 Å². The van der Waals surface area contributed by atoms with E-state index in [1.54, 1.807) is 4.90 Å². The van der Waals surface area contributed by atoms with E-state index in [1.807, 2.05) is 13.8 Å². The number of amides is 1. The van der Waals surface area contributed by atoms with Gasteiger partial charge in [0.25, 0.3) is 0 Å². The number of anilines is 3. The third-order valence-corrected chi connectivity index (χ3v) is 8.06. The van der Waals surface area contributed by atoms with Crippen LogP contribution in [0.5, 0.6) is 0 Å². The molecule has 3 aromatic rings. The van der Waals surface area contributed by atoms with Gasteiger partial charge in [0, 0.05) is 42.3 Å². The largest absolute Gasteiger partial charge is 0.383 e. The van der Waals surface area contributed by atoms with Gasteiger partial charge in [-0.15, -0.1) is 0 Å². The number of fused-ring (bicyclic) bond motifs is 2. The molecule has 0 saturated carbocycles. The van der Waals surface area contributed by atoms with Crippen LogP contribution in [0, 0.1) is 6.57 Å². The van der Waals surface area contributed by atoms with Gasteiger partial charge in [-0.25, -0.2) is 11.6 Å². The standard InChI is InChI=1S/C23H28N6.C9H14N2O/c1-28-12-5-8-17(28)14-25-23-26-20-15-29(13-11-19(20)22(24)27-23)21-10-4-7-16-6-2-3-9-18(16)21;1-5-9(12)11(6-2)8(3)7-10-4/h2-4,6-7,9-10,17H,5,8,11-15H2,1H3,(H3,24,25,26,27);5,8H,1,6-7H2,2-3H3/t17-;8-/m01/s1. The van der Waals surface area contributed by atoms with Crippen molar-refractivity contribution in [2.24, 2.45) is 0 Å². The van der Waals surface area contributed by atoms with Crippen LogP contribution in [0.1, 0.15) is 37.9 Å². The number of nitrogens with one attached hydrogen (secondary N) is 1. The molecule has 9 nitrogen and oxygen atoms in total. The molecular weight excluding hydrogens is 512 g/mol. The van der Waals surface area contributed by atoms with Gasteiger partial charge >= 0.3 is 0 Å². The van der Waals surface area contributed by atoms with Crippen LogP contribution < -0.4 is 16.0 Å². The second kappa shape index (κ2) is 14.0. The summed E-state index contributed by atoms with van der Waals surface area (Å²) >= 11 is 0. The molecule has 2 aliphatic heterocycles. The summed E-state index contributed by atoms with van der Waals surface area (Å²) < 4.78 is 0. The second-order valence-electron chi connectivity index (χ2n) is 10.7. The number of likely N-dealkylation sites (N-methyl/N-ethyl adjacent to an activating group) is 2. The lowest BCUT2D eigenvalue weighted by Crippen LogP contribution is -2.38. The average molecular weight is 555 g/mol. The molecule has 1 aromatic heterocycles. The van der Waals surface area contributed by atoms with Crippen molar-refractivity contribution in [3.8, 4) is 0 Å². The molecule has 2 atom stereocenters. The third-order valence-electron chi connectivity index (χ3n) is 8.06. The van der Waals surface area contributed by atoms with Crippen LogP contribution in [-0.2, 0) is 17.8 Å². The van der Waals surface area contributed by atoms with E-state index in [1.165, 1.54) is 41.9 Å². The molecule has 0 aliphatic carbocycles. The van der Waals surface area contributed by atoms with Crippen molar-refractivity contribution < 1.29 is 4.79 Å². The number of nitrogen functional groups attached to an aromatic ring is 1. The Labute approximate surface area is 243 Å². The molecule has 0 radical (unpaired) electrons. The number of rotatable bonds is 8. The Kier molecular flexibility index (Phi) is 10.1. The van der Waals surface area contributed by atoms with E-state index in [4.69, 9.17) is 17.3 Å². The molecule has 5 rings (SSSR count). The molecule has 1 amide bonds. The average Bonchev–Trinajstić information content (AvgIpc) is 3.40. The first-order chi connectivity index (χ1) is 19.9. The fourth-order valence-electron chi connectivity index (χ4n) is 5.71. The van der Waals surface area contributed by atoms with Crippen molar-refractivity contribution in [1.82, 2.24) is 19.8 Å². The van der Waals surface area contributed by atoms with Crippen LogP contribution in [0.15, 0.2) is 55.1 Å². The number of nitrogens with two attached hydrogens (primary N) is 1. The summed E-state index contributed by atoms with van der Waals surface area (Å²) in [5, 5.41) is 5.98. The van der Waals surface area contributed by atoms with Gasteiger partial charge in [-0.3, -0.25) is 4.79 Å².